The smallest absolute Gasteiger partial charge is 0.223 e. The zero-order valence-corrected chi connectivity index (χ0v) is 69.2. The van der Waals surface area contributed by atoms with Crippen molar-refractivity contribution in [3.63, 3.8) is 0 Å². The Morgan fingerprint density at radius 3 is 1.12 bits per heavy atom. The average molecular weight is 1550 g/mol. The Bertz CT molecular complexity index is 4280. The highest BCUT2D eigenvalue weighted by Crippen LogP contribution is 2.42. The molecule has 0 radical (unpaired) electrons. The molecule has 1 aromatic carbocycles. The average Bonchev–Trinajstić information content (AvgIpc) is 1.70. The second kappa shape index (κ2) is 47.6. The molecular weight excluding hydrogens is 1450 g/mol. The van der Waals surface area contributed by atoms with Gasteiger partial charge in [-0.05, 0) is 88.9 Å². The van der Waals surface area contributed by atoms with Crippen molar-refractivity contribution >= 4 is 47.0 Å². The van der Waals surface area contributed by atoms with Gasteiger partial charge in [0.2, 0.25) is 35.7 Å². The summed E-state index contributed by atoms with van der Waals surface area (Å²) >= 11 is 1.70. The van der Waals surface area contributed by atoms with Crippen molar-refractivity contribution in [2.75, 3.05) is 71.2 Å². The first kappa shape index (κ1) is 87.8. The van der Waals surface area contributed by atoms with E-state index in [2.05, 4.69) is 135 Å². The van der Waals surface area contributed by atoms with Crippen LogP contribution in [0.5, 0.6) is 34.5 Å². The number of anilines is 6. The van der Waals surface area contributed by atoms with E-state index in [0.29, 0.717) is 92.6 Å². The molecule has 0 spiro atoms. The first-order valence-corrected chi connectivity index (χ1v) is 40.0. The van der Waals surface area contributed by atoms with Gasteiger partial charge in [0.15, 0.2) is 34.5 Å². The number of thiophene rings is 1. The highest BCUT2D eigenvalue weighted by atomic mass is 32.1. The molecule has 113 heavy (non-hydrogen) atoms. The van der Waals surface area contributed by atoms with E-state index in [1.165, 1.54) is 16.0 Å². The van der Waals surface area contributed by atoms with Crippen molar-refractivity contribution < 1.29 is 28.4 Å². The highest BCUT2D eigenvalue weighted by molar-refractivity contribution is 7.13. The van der Waals surface area contributed by atoms with Gasteiger partial charge < -0.3 is 60.3 Å². The molecule has 0 bridgehead atoms. The van der Waals surface area contributed by atoms with E-state index >= 15 is 0 Å². The van der Waals surface area contributed by atoms with E-state index in [1.54, 1.807) is 73.3 Å². The number of rotatable bonds is 12. The second-order valence-electron chi connectivity index (χ2n) is 22.4. The predicted molar refractivity (Wildman–Crippen MR) is 453 cm³/mol. The zero-order valence-electron chi connectivity index (χ0n) is 68.4. The van der Waals surface area contributed by atoms with Gasteiger partial charge in [-0.1, -0.05) is 113 Å². The van der Waals surface area contributed by atoms with E-state index in [0.717, 1.165) is 141 Å². The van der Waals surface area contributed by atoms with E-state index in [4.69, 9.17) is 28.4 Å². The van der Waals surface area contributed by atoms with Crippen molar-refractivity contribution in [1.82, 2.24) is 79.7 Å². The van der Waals surface area contributed by atoms with Crippen LogP contribution in [0.25, 0.3) is 67.0 Å². The van der Waals surface area contributed by atoms with Crippen LogP contribution in [0.2, 0.25) is 0 Å². The molecule has 11 aromatic heterocycles. The molecule has 0 saturated carbocycles. The van der Waals surface area contributed by atoms with Gasteiger partial charge in [-0.3, -0.25) is 19.9 Å². The SMILES string of the molecule is CC.CC.CC.CC.CC.CC.CCNc1ncc2c(n1)-c1ccccc1CO2.CCNc1ncc2c(n1)-c1cccnc1CO2.CCNc1ncc2c(n1)-c1ccncc1CO2.CCNc1ncc2c(n1)-c1cnccc1CO2.CCNc1ncc2c(n1)-c1ncccc1CO2.CCNc1ncc2c(n1)-c1sccc1CO2. The monoisotopic (exact) mass is 1550 g/mol. The number of ether oxygens (including phenoxy) is 6. The summed E-state index contributed by atoms with van der Waals surface area (Å²) in [6, 6.07) is 22.0. The first-order chi connectivity index (χ1) is 55.8. The summed E-state index contributed by atoms with van der Waals surface area (Å²) in [6.07, 6.45) is 21.0. The molecule has 0 aliphatic carbocycles. The molecule has 596 valence electrons. The lowest BCUT2D eigenvalue weighted by Gasteiger charge is -2.19. The molecule has 29 heteroatoms. The summed E-state index contributed by atoms with van der Waals surface area (Å²) in [7, 11) is 0. The van der Waals surface area contributed by atoms with Gasteiger partial charge in [0.25, 0.3) is 0 Å². The lowest BCUT2D eigenvalue weighted by atomic mass is 10.0. The lowest BCUT2D eigenvalue weighted by Crippen LogP contribution is -2.11. The highest BCUT2D eigenvalue weighted by Gasteiger charge is 2.26. The van der Waals surface area contributed by atoms with Crippen LogP contribution in [-0.4, -0.2) is 119 Å². The third-order valence-electron chi connectivity index (χ3n) is 15.6. The molecule has 12 aromatic rings. The summed E-state index contributed by atoms with van der Waals surface area (Å²) in [4.78, 5) is 70.0. The molecule has 0 atom stereocenters. The summed E-state index contributed by atoms with van der Waals surface area (Å²) in [6.45, 7) is 44.2. The van der Waals surface area contributed by atoms with Crippen molar-refractivity contribution in [2.24, 2.45) is 0 Å². The predicted octanol–water partition coefficient (Wildman–Crippen LogP) is 18.6. The maximum Gasteiger partial charge on any atom is 0.223 e. The van der Waals surface area contributed by atoms with Crippen LogP contribution in [0.15, 0.2) is 146 Å². The Kier molecular flexibility index (Phi) is 37.0. The lowest BCUT2D eigenvalue weighted by molar-refractivity contribution is 0.294. The van der Waals surface area contributed by atoms with Crippen LogP contribution in [-0.2, 0) is 39.6 Å². The molecule has 0 fully saturated rings. The number of nitrogens with one attached hydrogen (secondary N) is 6. The van der Waals surface area contributed by atoms with Crippen LogP contribution in [0.3, 0.4) is 0 Å². The summed E-state index contributed by atoms with van der Waals surface area (Å²) < 4.78 is 33.6. The maximum absolute atomic E-state index is 5.63. The van der Waals surface area contributed by atoms with Crippen LogP contribution in [0.4, 0.5) is 35.7 Å². The van der Waals surface area contributed by atoms with E-state index in [1.807, 2.05) is 186 Å². The topological polar surface area (TPSA) is 334 Å². The molecule has 6 N–H and O–H groups in total. The van der Waals surface area contributed by atoms with E-state index in [-0.39, 0.29) is 0 Å². The molecule has 6 aliphatic rings. The van der Waals surface area contributed by atoms with E-state index < -0.39 is 0 Å². The molecule has 0 amide bonds. The Hall–Kier alpha value is -12.4. The quantitative estimate of drug-likeness (QED) is 0.0662. The molecular formula is C84H108N22O6S. The summed E-state index contributed by atoms with van der Waals surface area (Å²) in [5.74, 6) is 8.15. The fraction of sp³-hybridized carbons (Fsp3) is 0.357. The second-order valence-corrected chi connectivity index (χ2v) is 23.3. The third-order valence-corrected chi connectivity index (χ3v) is 16.6. The van der Waals surface area contributed by atoms with Gasteiger partial charge in [0.05, 0.1) is 53.4 Å². The van der Waals surface area contributed by atoms with Crippen LogP contribution in [0, 0.1) is 0 Å². The third kappa shape index (κ3) is 23.1. The first-order valence-electron chi connectivity index (χ1n) is 39.1. The van der Waals surface area contributed by atoms with Crippen molar-refractivity contribution in [3.05, 3.63) is 180 Å². The van der Waals surface area contributed by atoms with Crippen molar-refractivity contribution in [1.29, 1.82) is 0 Å². The molecule has 0 unspecified atom stereocenters. The largest absolute Gasteiger partial charge is 0.485 e. The molecule has 6 aliphatic heterocycles. The normalized spacial score (nSPS) is 11.3. The van der Waals surface area contributed by atoms with Gasteiger partial charge in [-0.15, -0.1) is 11.3 Å². The zero-order chi connectivity index (χ0) is 81.3. The Balaban J connectivity index is 0.000000183. The van der Waals surface area contributed by atoms with Gasteiger partial charge in [-0.2, -0.15) is 0 Å². The van der Waals surface area contributed by atoms with Crippen LogP contribution in [0.1, 0.15) is 158 Å². The Morgan fingerprint density at radius 1 is 0.274 bits per heavy atom. The van der Waals surface area contributed by atoms with Crippen molar-refractivity contribution in [3.8, 4) is 101 Å². The van der Waals surface area contributed by atoms with Crippen LogP contribution < -0.4 is 60.3 Å². The summed E-state index contributed by atoms with van der Waals surface area (Å²) in [5.41, 5.74) is 16.6. The van der Waals surface area contributed by atoms with Gasteiger partial charge >= 0.3 is 0 Å². The number of nitrogens with zero attached hydrogens (tertiary/aromatic N) is 16. The minimum Gasteiger partial charge on any atom is -0.485 e. The number of aromatic nitrogens is 16. The minimum absolute atomic E-state index is 0.479. The van der Waals surface area contributed by atoms with Gasteiger partial charge in [0.1, 0.15) is 73.8 Å². The number of fused-ring (bicyclic) bond motifs is 18. The molecule has 18 rings (SSSR count). The standard InChI is InChI=1S/C13H13N3O.4C12H12N4O.C11H11N3OS.6C2H6/c1-2-14-13-15-7-11-12(16-13)10-6-4-3-5-9(10)8-17-11;1-2-14-12-15-6-10-11(16-12)9-3-4-13-5-8(9)7-17-10;1-2-14-12-15-6-10-11(16-12)9-5-13-4-3-8(9)7-17-10;1-2-13-12-15-6-10-11(16-12)8-4-3-5-14-9(8)7-17-10;1-2-13-12-15-6-9-11(16-12)10-8(7-17-9)4-3-5-14-10;1-2-12-11-13-5-8-9(14-11)10-7(6-15-8)3-4-16-10;6*1-2/h3-7H,2,8H2,1H3,(H,14,15,16);2*3-6H,2,7H2,1H3,(H,14,15,16);2*3-6H,2,7H2,1H3,(H,13,15,16);3-5H,2,6H2,1H3,(H,12,13,14);6*1-2H3. The van der Waals surface area contributed by atoms with Gasteiger partial charge in [-0.25, -0.2) is 59.8 Å². The Morgan fingerprint density at radius 2 is 0.619 bits per heavy atom. The molecule has 0 saturated heterocycles. The van der Waals surface area contributed by atoms with E-state index in [9.17, 15) is 0 Å². The maximum atomic E-state index is 5.63. The number of hydrogen-bond acceptors (Lipinski definition) is 29. The molecule has 28 nitrogen and oxygen atoms in total. The van der Waals surface area contributed by atoms with Crippen LogP contribution >= 0.6 is 11.3 Å². The number of pyridine rings is 4. The summed E-state index contributed by atoms with van der Waals surface area (Å²) in [5, 5.41) is 20.6. The molecule has 17 heterocycles. The Labute approximate surface area is 668 Å². The van der Waals surface area contributed by atoms with Gasteiger partial charge in [0, 0.05) is 121 Å². The fourth-order valence-electron chi connectivity index (χ4n) is 11.0. The number of benzene rings is 1. The number of hydrogen-bond donors (Lipinski definition) is 6. The fourth-order valence-corrected chi connectivity index (χ4v) is 11.9. The minimum atomic E-state index is 0.479. The van der Waals surface area contributed by atoms with Crippen molar-refractivity contribution in [2.45, 2.75) is 164 Å².